The Morgan fingerprint density at radius 2 is 2.11 bits per heavy atom. The molecule has 0 fully saturated rings. The Morgan fingerprint density at radius 1 is 1.39 bits per heavy atom. The van der Waals surface area contributed by atoms with Crippen molar-refractivity contribution in [3.63, 3.8) is 0 Å². The number of hydrogen-bond donors (Lipinski definition) is 1. The van der Waals surface area contributed by atoms with Crippen LogP contribution in [0, 0.1) is 19.7 Å². The van der Waals surface area contributed by atoms with Gasteiger partial charge in [-0.3, -0.25) is 0 Å². The summed E-state index contributed by atoms with van der Waals surface area (Å²) in [5.41, 5.74) is 9.50. The van der Waals surface area contributed by atoms with Crippen LogP contribution in [-0.2, 0) is 13.0 Å². The van der Waals surface area contributed by atoms with Crippen LogP contribution in [-0.4, -0.2) is 14.8 Å². The van der Waals surface area contributed by atoms with Crippen LogP contribution in [0.5, 0.6) is 0 Å². The summed E-state index contributed by atoms with van der Waals surface area (Å²) in [7, 11) is 0. The molecule has 2 aromatic rings. The molecule has 2 heterocycles. The molecule has 0 atom stereocenters. The summed E-state index contributed by atoms with van der Waals surface area (Å²) in [5, 5.41) is 4.47. The molecule has 96 valence electrons. The fourth-order valence-corrected chi connectivity index (χ4v) is 2.21. The molecule has 0 aliphatic rings. The molecule has 2 rings (SSSR count). The van der Waals surface area contributed by atoms with Gasteiger partial charge in [0.15, 0.2) is 5.82 Å². The van der Waals surface area contributed by atoms with Crippen LogP contribution in [0.15, 0.2) is 12.3 Å². The average molecular weight is 248 g/mol. The van der Waals surface area contributed by atoms with Gasteiger partial charge in [0, 0.05) is 17.8 Å². The second-order valence-electron chi connectivity index (χ2n) is 4.26. The van der Waals surface area contributed by atoms with Crippen LogP contribution in [0.3, 0.4) is 0 Å². The molecule has 0 saturated heterocycles. The molecule has 0 bridgehead atoms. The van der Waals surface area contributed by atoms with Gasteiger partial charge in [0.2, 0.25) is 0 Å². The van der Waals surface area contributed by atoms with Gasteiger partial charge in [-0.05, 0) is 31.9 Å². The molecular formula is C13H17FN4. The fraction of sp³-hybridized carbons (Fsp3) is 0.385. The number of nitrogens with two attached hydrogens (primary N) is 1. The van der Waals surface area contributed by atoms with E-state index in [0.29, 0.717) is 11.4 Å². The highest BCUT2D eigenvalue weighted by Gasteiger charge is 2.14. The van der Waals surface area contributed by atoms with Gasteiger partial charge in [-0.15, -0.1) is 0 Å². The second kappa shape index (κ2) is 4.86. The summed E-state index contributed by atoms with van der Waals surface area (Å²) in [4.78, 5) is 4.11. The van der Waals surface area contributed by atoms with Crippen LogP contribution < -0.4 is 5.73 Å². The zero-order valence-electron chi connectivity index (χ0n) is 10.9. The van der Waals surface area contributed by atoms with Crippen molar-refractivity contribution in [1.82, 2.24) is 14.8 Å². The summed E-state index contributed by atoms with van der Waals surface area (Å²) in [6.45, 7) is 6.28. The van der Waals surface area contributed by atoms with E-state index in [-0.39, 0.29) is 12.4 Å². The third-order valence-electron chi connectivity index (χ3n) is 3.12. The van der Waals surface area contributed by atoms with Crippen LogP contribution in [0.1, 0.15) is 29.4 Å². The van der Waals surface area contributed by atoms with Crippen LogP contribution >= 0.6 is 0 Å². The molecule has 5 heteroatoms. The highest BCUT2D eigenvalue weighted by Crippen LogP contribution is 2.19. The minimum atomic E-state index is -0.378. The minimum absolute atomic E-state index is 0.236. The normalized spacial score (nSPS) is 10.9. The molecule has 0 spiro atoms. The Labute approximate surface area is 106 Å². The quantitative estimate of drug-likeness (QED) is 0.904. The van der Waals surface area contributed by atoms with E-state index in [1.807, 2.05) is 13.8 Å². The summed E-state index contributed by atoms with van der Waals surface area (Å²) in [5.74, 6) is 0.232. The SMILES string of the molecule is CCc1c(C)nn(-c2ncc(F)cc2CN)c1C. The first-order valence-electron chi connectivity index (χ1n) is 5.98. The highest BCUT2D eigenvalue weighted by atomic mass is 19.1. The summed E-state index contributed by atoms with van der Waals surface area (Å²) in [6, 6.07) is 1.41. The van der Waals surface area contributed by atoms with Crippen molar-refractivity contribution in [3.05, 3.63) is 40.6 Å². The van der Waals surface area contributed by atoms with E-state index in [2.05, 4.69) is 17.0 Å². The van der Waals surface area contributed by atoms with Gasteiger partial charge in [-0.2, -0.15) is 5.10 Å². The summed E-state index contributed by atoms with van der Waals surface area (Å²) in [6.07, 6.45) is 2.10. The lowest BCUT2D eigenvalue weighted by atomic mass is 10.1. The number of nitrogens with zero attached hydrogens (tertiary/aromatic N) is 3. The first-order valence-corrected chi connectivity index (χ1v) is 5.98. The zero-order chi connectivity index (χ0) is 13.3. The van der Waals surface area contributed by atoms with E-state index < -0.39 is 0 Å². The number of aromatic nitrogens is 3. The standard InChI is InChI=1S/C13H17FN4/c1-4-12-8(2)17-18(9(12)3)13-10(6-15)5-11(14)7-16-13/h5,7H,4,6,15H2,1-3H3. The third-order valence-corrected chi connectivity index (χ3v) is 3.12. The van der Waals surface area contributed by atoms with Crippen molar-refractivity contribution in [2.75, 3.05) is 0 Å². The lowest BCUT2D eigenvalue weighted by molar-refractivity contribution is 0.614. The van der Waals surface area contributed by atoms with Gasteiger partial charge < -0.3 is 5.73 Å². The molecule has 0 unspecified atom stereocenters. The number of aryl methyl sites for hydroxylation is 1. The Balaban J connectivity index is 2.62. The summed E-state index contributed by atoms with van der Waals surface area (Å²) < 4.78 is 14.9. The number of rotatable bonds is 3. The van der Waals surface area contributed by atoms with E-state index in [9.17, 15) is 4.39 Å². The number of halogens is 1. The fourth-order valence-electron chi connectivity index (χ4n) is 2.21. The number of pyridine rings is 1. The van der Waals surface area contributed by atoms with Crippen molar-refractivity contribution in [2.45, 2.75) is 33.7 Å². The molecule has 4 nitrogen and oxygen atoms in total. The molecule has 0 saturated carbocycles. The van der Waals surface area contributed by atoms with Crippen LogP contribution in [0.25, 0.3) is 5.82 Å². The Hall–Kier alpha value is -1.75. The number of hydrogen-bond acceptors (Lipinski definition) is 3. The van der Waals surface area contributed by atoms with E-state index in [1.54, 1.807) is 4.68 Å². The van der Waals surface area contributed by atoms with Gasteiger partial charge in [0.1, 0.15) is 5.82 Å². The third kappa shape index (κ3) is 2.01. The molecule has 0 radical (unpaired) electrons. The molecule has 18 heavy (non-hydrogen) atoms. The molecule has 0 aliphatic carbocycles. The van der Waals surface area contributed by atoms with E-state index in [1.165, 1.54) is 17.8 Å². The van der Waals surface area contributed by atoms with Gasteiger partial charge in [0.25, 0.3) is 0 Å². The summed E-state index contributed by atoms with van der Waals surface area (Å²) >= 11 is 0. The van der Waals surface area contributed by atoms with Crippen molar-refractivity contribution in [1.29, 1.82) is 0 Å². The first-order chi connectivity index (χ1) is 8.58. The minimum Gasteiger partial charge on any atom is -0.326 e. The van der Waals surface area contributed by atoms with Crippen LogP contribution in [0.4, 0.5) is 4.39 Å². The molecule has 2 aromatic heterocycles. The molecular weight excluding hydrogens is 231 g/mol. The molecule has 0 aromatic carbocycles. The second-order valence-corrected chi connectivity index (χ2v) is 4.26. The smallest absolute Gasteiger partial charge is 0.158 e. The lowest BCUT2D eigenvalue weighted by Crippen LogP contribution is -2.10. The van der Waals surface area contributed by atoms with Gasteiger partial charge in [0.05, 0.1) is 11.9 Å². The van der Waals surface area contributed by atoms with Crippen molar-refractivity contribution < 1.29 is 4.39 Å². The monoisotopic (exact) mass is 248 g/mol. The predicted octanol–water partition coefficient (Wildman–Crippen LogP) is 2.04. The molecule has 0 aliphatic heterocycles. The maximum absolute atomic E-state index is 13.2. The van der Waals surface area contributed by atoms with E-state index in [0.717, 1.165) is 17.8 Å². The molecule has 2 N–H and O–H groups in total. The Morgan fingerprint density at radius 3 is 2.67 bits per heavy atom. The van der Waals surface area contributed by atoms with Crippen molar-refractivity contribution in [3.8, 4) is 5.82 Å². The highest BCUT2D eigenvalue weighted by molar-refractivity contribution is 5.38. The first kappa shape index (κ1) is 12.7. The molecule has 0 amide bonds. The van der Waals surface area contributed by atoms with E-state index >= 15 is 0 Å². The largest absolute Gasteiger partial charge is 0.326 e. The maximum atomic E-state index is 13.2. The maximum Gasteiger partial charge on any atom is 0.158 e. The zero-order valence-corrected chi connectivity index (χ0v) is 10.9. The average Bonchev–Trinajstić information content (AvgIpc) is 2.64. The van der Waals surface area contributed by atoms with Gasteiger partial charge >= 0.3 is 0 Å². The topological polar surface area (TPSA) is 56.7 Å². The van der Waals surface area contributed by atoms with E-state index in [4.69, 9.17) is 5.73 Å². The lowest BCUT2D eigenvalue weighted by Gasteiger charge is -2.08. The van der Waals surface area contributed by atoms with Crippen LogP contribution in [0.2, 0.25) is 0 Å². The Bertz CT molecular complexity index is 575. The Kier molecular flexibility index (Phi) is 3.43. The van der Waals surface area contributed by atoms with Crippen molar-refractivity contribution in [2.24, 2.45) is 5.73 Å². The van der Waals surface area contributed by atoms with Gasteiger partial charge in [-0.25, -0.2) is 14.1 Å². The van der Waals surface area contributed by atoms with Crippen molar-refractivity contribution >= 4 is 0 Å². The predicted molar refractivity (Wildman–Crippen MR) is 68.1 cm³/mol. The van der Waals surface area contributed by atoms with Gasteiger partial charge in [-0.1, -0.05) is 6.92 Å².